The molecule has 0 aromatic heterocycles. The van der Waals surface area contributed by atoms with Crippen molar-refractivity contribution in [3.05, 3.63) is 54.6 Å². The molecule has 2 bridgehead atoms. The van der Waals surface area contributed by atoms with Crippen molar-refractivity contribution in [3.8, 4) is 5.75 Å². The van der Waals surface area contributed by atoms with E-state index in [0.717, 1.165) is 0 Å². The van der Waals surface area contributed by atoms with Crippen molar-refractivity contribution in [1.29, 1.82) is 0 Å². The van der Waals surface area contributed by atoms with E-state index in [9.17, 15) is 19.5 Å². The second-order valence-electron chi connectivity index (χ2n) is 11.3. The summed E-state index contributed by atoms with van der Waals surface area (Å²) in [6.07, 6.45) is 2.28. The summed E-state index contributed by atoms with van der Waals surface area (Å²) in [5, 5.41) is 16.5. The normalized spacial score (nSPS) is 30.1. The van der Waals surface area contributed by atoms with Crippen LogP contribution >= 0.6 is 0 Å². The van der Waals surface area contributed by atoms with Gasteiger partial charge in [-0.2, -0.15) is 0 Å². The Morgan fingerprint density at radius 1 is 1.05 bits per heavy atom. The number of rotatable bonds is 10. The number of benzene rings is 2. The van der Waals surface area contributed by atoms with Gasteiger partial charge in [-0.15, -0.1) is 0 Å². The maximum atomic E-state index is 14.4. The molecule has 40 heavy (non-hydrogen) atoms. The van der Waals surface area contributed by atoms with Gasteiger partial charge in [-0.1, -0.05) is 45.4 Å². The minimum absolute atomic E-state index is 0.0746. The van der Waals surface area contributed by atoms with Gasteiger partial charge in [-0.05, 0) is 61.6 Å². The van der Waals surface area contributed by atoms with E-state index >= 15 is 0 Å². The maximum absolute atomic E-state index is 14.4. The molecule has 3 N–H and O–H groups in total. The number of para-hydroxylation sites is 1. The van der Waals surface area contributed by atoms with Gasteiger partial charge in [0.2, 0.25) is 17.7 Å². The van der Waals surface area contributed by atoms with E-state index < -0.39 is 41.0 Å². The quantitative estimate of drug-likeness (QED) is 0.415. The summed E-state index contributed by atoms with van der Waals surface area (Å²) in [6, 6.07) is 14.5. The Labute approximate surface area is 235 Å². The highest BCUT2D eigenvalue weighted by molar-refractivity contribution is 6.05. The number of anilines is 2. The number of carbonyl (C=O) groups is 3. The first-order valence-electron chi connectivity index (χ1n) is 14.2. The van der Waals surface area contributed by atoms with Crippen molar-refractivity contribution >= 4 is 29.1 Å². The highest BCUT2D eigenvalue weighted by Crippen LogP contribution is 2.64. The average molecular weight is 550 g/mol. The Balaban J connectivity index is 1.56. The lowest BCUT2D eigenvalue weighted by Crippen LogP contribution is -2.57. The van der Waals surface area contributed by atoms with Crippen LogP contribution in [0.25, 0.3) is 0 Å². The fourth-order valence-corrected chi connectivity index (χ4v) is 7.15. The number of aliphatic hydroxyl groups is 1. The van der Waals surface area contributed by atoms with Crippen LogP contribution in [-0.2, 0) is 19.1 Å². The standard InChI is InChI=1S/C31H39N3O6/c1-5-19(3)23(18-35)34-26(28(37)33-21-12-14-22(39-4)15-13-21)31-17-16-30(6-2,40-31)24(25(31)29(34)38)27(36)32-20-10-8-7-9-11-20/h7-15,19,23-26,35H,5-6,16-18H2,1-4H3,(H,32,36)(H,33,37)/t19-,23-,24-,25-,26?,30+,31?/m0/s1. The summed E-state index contributed by atoms with van der Waals surface area (Å²) < 4.78 is 12.1. The lowest BCUT2D eigenvalue weighted by atomic mass is 9.65. The molecule has 2 aromatic carbocycles. The molecule has 2 unspecified atom stereocenters. The monoisotopic (exact) mass is 549 g/mol. The Hall–Kier alpha value is -3.43. The molecular weight excluding hydrogens is 510 g/mol. The molecule has 214 valence electrons. The van der Waals surface area contributed by atoms with Crippen LogP contribution in [0, 0.1) is 17.8 Å². The van der Waals surface area contributed by atoms with Gasteiger partial charge >= 0.3 is 0 Å². The fourth-order valence-electron chi connectivity index (χ4n) is 7.15. The summed E-state index contributed by atoms with van der Waals surface area (Å²) in [7, 11) is 1.57. The largest absolute Gasteiger partial charge is 0.497 e. The number of aliphatic hydroxyl groups excluding tert-OH is 1. The Morgan fingerprint density at radius 3 is 2.30 bits per heavy atom. The van der Waals surface area contributed by atoms with Crippen molar-refractivity contribution in [3.63, 3.8) is 0 Å². The van der Waals surface area contributed by atoms with Crippen molar-refractivity contribution in [2.45, 2.75) is 69.7 Å². The summed E-state index contributed by atoms with van der Waals surface area (Å²) in [4.78, 5) is 44.0. The van der Waals surface area contributed by atoms with Crippen LogP contribution in [0.2, 0.25) is 0 Å². The molecule has 0 radical (unpaired) electrons. The molecule has 9 heteroatoms. The summed E-state index contributed by atoms with van der Waals surface area (Å²) in [5.41, 5.74) is -0.837. The fraction of sp³-hybridized carbons (Fsp3) is 0.516. The van der Waals surface area contributed by atoms with Gasteiger partial charge in [-0.25, -0.2) is 0 Å². The first-order chi connectivity index (χ1) is 19.2. The summed E-state index contributed by atoms with van der Waals surface area (Å²) in [6.45, 7) is 5.62. The molecular formula is C31H39N3O6. The Kier molecular flexibility index (Phi) is 7.63. The third kappa shape index (κ3) is 4.36. The molecule has 7 atom stereocenters. The average Bonchev–Trinajstić information content (AvgIpc) is 3.58. The highest BCUT2D eigenvalue weighted by Gasteiger charge is 2.79. The minimum atomic E-state index is -1.18. The van der Waals surface area contributed by atoms with E-state index in [1.807, 2.05) is 39.0 Å². The van der Waals surface area contributed by atoms with Gasteiger partial charge in [0.05, 0.1) is 37.2 Å². The second kappa shape index (κ2) is 10.9. The topological polar surface area (TPSA) is 117 Å². The molecule has 3 amide bonds. The van der Waals surface area contributed by atoms with Crippen LogP contribution in [-0.4, -0.2) is 64.7 Å². The highest BCUT2D eigenvalue weighted by atomic mass is 16.5. The third-order valence-corrected chi connectivity index (χ3v) is 9.39. The first kappa shape index (κ1) is 28.1. The SMILES string of the molecule is CC[C@H](C)[C@H](CO)N1C(=O)[C@@H]2[C@@H](C(=O)Nc3ccccc3)[C@@]3(CC)CCC2(O3)C1C(=O)Nc1ccc(OC)cc1. The predicted molar refractivity (Wildman–Crippen MR) is 151 cm³/mol. The van der Waals surface area contributed by atoms with Crippen molar-refractivity contribution < 1.29 is 29.0 Å². The van der Waals surface area contributed by atoms with Crippen molar-refractivity contribution in [2.75, 3.05) is 24.4 Å². The molecule has 3 aliphatic heterocycles. The smallest absolute Gasteiger partial charge is 0.250 e. The first-order valence-corrected chi connectivity index (χ1v) is 14.2. The molecule has 3 heterocycles. The number of fused-ring (bicyclic) bond motifs is 1. The number of amides is 3. The molecule has 1 spiro atoms. The summed E-state index contributed by atoms with van der Waals surface area (Å²) >= 11 is 0. The van der Waals surface area contributed by atoms with Crippen LogP contribution in [0.4, 0.5) is 11.4 Å². The molecule has 3 saturated heterocycles. The Bertz CT molecular complexity index is 1250. The van der Waals surface area contributed by atoms with Crippen LogP contribution < -0.4 is 15.4 Å². The van der Waals surface area contributed by atoms with Crippen LogP contribution in [0.5, 0.6) is 5.75 Å². The molecule has 0 saturated carbocycles. The third-order valence-electron chi connectivity index (χ3n) is 9.39. The van der Waals surface area contributed by atoms with Crippen LogP contribution in [0.15, 0.2) is 54.6 Å². The van der Waals surface area contributed by atoms with E-state index in [-0.39, 0.29) is 24.3 Å². The van der Waals surface area contributed by atoms with Gasteiger partial charge in [0.25, 0.3) is 0 Å². The van der Waals surface area contributed by atoms with E-state index in [2.05, 4.69) is 10.6 Å². The van der Waals surface area contributed by atoms with E-state index in [1.165, 1.54) is 4.90 Å². The second-order valence-corrected chi connectivity index (χ2v) is 11.3. The molecule has 5 rings (SSSR count). The van der Waals surface area contributed by atoms with Gasteiger partial charge in [0.1, 0.15) is 17.4 Å². The van der Waals surface area contributed by atoms with Gasteiger partial charge < -0.3 is 30.1 Å². The molecule has 3 fully saturated rings. The number of ether oxygens (including phenoxy) is 2. The van der Waals surface area contributed by atoms with E-state index in [4.69, 9.17) is 9.47 Å². The number of hydrogen-bond donors (Lipinski definition) is 3. The Morgan fingerprint density at radius 2 is 1.70 bits per heavy atom. The lowest BCUT2D eigenvalue weighted by molar-refractivity contribution is -0.149. The zero-order valence-electron chi connectivity index (χ0n) is 23.6. The minimum Gasteiger partial charge on any atom is -0.497 e. The molecule has 3 aliphatic rings. The zero-order chi connectivity index (χ0) is 28.7. The summed E-state index contributed by atoms with van der Waals surface area (Å²) in [5.74, 6) is -2.01. The number of nitrogens with one attached hydrogen (secondary N) is 2. The number of methoxy groups -OCH3 is 1. The molecule has 2 aromatic rings. The number of nitrogens with zero attached hydrogens (tertiary/aromatic N) is 1. The molecule has 9 nitrogen and oxygen atoms in total. The maximum Gasteiger partial charge on any atom is 0.250 e. The van der Waals surface area contributed by atoms with Crippen LogP contribution in [0.1, 0.15) is 46.5 Å². The van der Waals surface area contributed by atoms with E-state index in [1.54, 1.807) is 43.5 Å². The van der Waals surface area contributed by atoms with Crippen LogP contribution in [0.3, 0.4) is 0 Å². The van der Waals surface area contributed by atoms with Gasteiger partial charge in [0, 0.05) is 11.4 Å². The van der Waals surface area contributed by atoms with Crippen molar-refractivity contribution in [2.24, 2.45) is 17.8 Å². The van der Waals surface area contributed by atoms with E-state index in [0.29, 0.717) is 42.8 Å². The molecule has 0 aliphatic carbocycles. The zero-order valence-corrected chi connectivity index (χ0v) is 23.6. The van der Waals surface area contributed by atoms with Gasteiger partial charge in [0.15, 0.2) is 0 Å². The van der Waals surface area contributed by atoms with Crippen molar-refractivity contribution in [1.82, 2.24) is 4.90 Å². The van der Waals surface area contributed by atoms with Gasteiger partial charge in [-0.3, -0.25) is 14.4 Å². The number of hydrogen-bond acceptors (Lipinski definition) is 6. The number of likely N-dealkylation sites (tertiary alicyclic amines) is 1. The lowest BCUT2D eigenvalue weighted by Gasteiger charge is -2.39. The number of carbonyl (C=O) groups excluding carboxylic acids is 3. The predicted octanol–water partition coefficient (Wildman–Crippen LogP) is 3.83.